The van der Waals surface area contributed by atoms with Crippen molar-refractivity contribution >= 4 is 23.7 Å². The third kappa shape index (κ3) is 6.82. The van der Waals surface area contributed by atoms with E-state index < -0.39 is 24.0 Å². The highest BCUT2D eigenvalue weighted by Crippen LogP contribution is 2.07. The van der Waals surface area contributed by atoms with Gasteiger partial charge in [-0.05, 0) is 39.2 Å². The number of nitrogens with two attached hydrogens (primary N) is 2. The summed E-state index contributed by atoms with van der Waals surface area (Å²) in [6.07, 6.45) is 2.37. The molecule has 3 atom stereocenters. The van der Waals surface area contributed by atoms with Crippen LogP contribution in [0.15, 0.2) is 4.99 Å². The lowest BCUT2D eigenvalue weighted by Gasteiger charge is -2.21. The first-order valence-electron chi connectivity index (χ1n) is 7.93. The molecule has 1 rings (SSSR count). The highest BCUT2D eigenvalue weighted by atomic mass is 16.4. The SMILES string of the molecule is CC(NC(=O)C(CCCN=C(N)N)NC(=O)C1CCCN1)C(=O)O. The third-order valence-electron chi connectivity index (χ3n) is 3.68. The number of aliphatic imine (C=N–C) groups is 1. The summed E-state index contributed by atoms with van der Waals surface area (Å²) in [5.41, 5.74) is 10.5. The Balaban J connectivity index is 2.62. The molecule has 1 aliphatic heterocycles. The lowest BCUT2D eigenvalue weighted by molar-refractivity contribution is -0.141. The number of carboxylic acid groups (broad SMARTS) is 1. The molecule has 0 aliphatic carbocycles. The molecule has 0 bridgehead atoms. The van der Waals surface area contributed by atoms with Gasteiger partial charge in [-0.3, -0.25) is 19.4 Å². The van der Waals surface area contributed by atoms with Gasteiger partial charge >= 0.3 is 5.97 Å². The average Bonchev–Trinajstić information content (AvgIpc) is 3.03. The summed E-state index contributed by atoms with van der Waals surface area (Å²) < 4.78 is 0. The minimum atomic E-state index is -1.15. The fraction of sp³-hybridized carbons (Fsp3) is 0.714. The summed E-state index contributed by atoms with van der Waals surface area (Å²) >= 11 is 0. The van der Waals surface area contributed by atoms with Gasteiger partial charge in [-0.2, -0.15) is 0 Å². The van der Waals surface area contributed by atoms with Gasteiger partial charge in [0.1, 0.15) is 12.1 Å². The van der Waals surface area contributed by atoms with Crippen LogP contribution in [0.25, 0.3) is 0 Å². The van der Waals surface area contributed by atoms with Crippen LogP contribution in [0.3, 0.4) is 0 Å². The van der Waals surface area contributed by atoms with E-state index in [1.54, 1.807) is 0 Å². The number of nitrogens with zero attached hydrogens (tertiary/aromatic N) is 1. The molecule has 1 saturated heterocycles. The van der Waals surface area contributed by atoms with Crippen molar-refractivity contribution in [3.63, 3.8) is 0 Å². The van der Waals surface area contributed by atoms with E-state index in [0.29, 0.717) is 25.8 Å². The molecule has 136 valence electrons. The van der Waals surface area contributed by atoms with Crippen molar-refractivity contribution in [2.75, 3.05) is 13.1 Å². The Kier molecular flexibility index (Phi) is 7.96. The monoisotopic (exact) mass is 342 g/mol. The Hall–Kier alpha value is -2.36. The zero-order valence-corrected chi connectivity index (χ0v) is 13.7. The van der Waals surface area contributed by atoms with Crippen molar-refractivity contribution in [1.29, 1.82) is 0 Å². The van der Waals surface area contributed by atoms with E-state index in [2.05, 4.69) is 20.9 Å². The van der Waals surface area contributed by atoms with Crippen LogP contribution in [0, 0.1) is 0 Å². The third-order valence-corrected chi connectivity index (χ3v) is 3.68. The van der Waals surface area contributed by atoms with Crippen molar-refractivity contribution in [2.45, 2.75) is 50.7 Å². The van der Waals surface area contributed by atoms with Crippen LogP contribution in [0.2, 0.25) is 0 Å². The minimum Gasteiger partial charge on any atom is -0.480 e. The molecule has 8 N–H and O–H groups in total. The highest BCUT2D eigenvalue weighted by molar-refractivity contribution is 5.91. The maximum Gasteiger partial charge on any atom is 0.325 e. The van der Waals surface area contributed by atoms with Crippen LogP contribution in [0.1, 0.15) is 32.6 Å². The zero-order valence-electron chi connectivity index (χ0n) is 13.7. The van der Waals surface area contributed by atoms with E-state index in [9.17, 15) is 14.4 Å². The molecule has 0 spiro atoms. The minimum absolute atomic E-state index is 0.0466. The summed E-state index contributed by atoms with van der Waals surface area (Å²) in [6.45, 7) is 2.44. The number of aliphatic carboxylic acids is 1. The van der Waals surface area contributed by atoms with E-state index in [0.717, 1.165) is 13.0 Å². The van der Waals surface area contributed by atoms with Crippen LogP contribution < -0.4 is 27.4 Å². The van der Waals surface area contributed by atoms with Gasteiger partial charge in [0, 0.05) is 6.54 Å². The molecule has 1 heterocycles. The van der Waals surface area contributed by atoms with E-state index >= 15 is 0 Å². The van der Waals surface area contributed by atoms with Gasteiger partial charge in [0.15, 0.2) is 5.96 Å². The van der Waals surface area contributed by atoms with Crippen LogP contribution in [-0.4, -0.2) is 60.1 Å². The quantitative estimate of drug-likeness (QED) is 0.158. The molecule has 0 aromatic carbocycles. The van der Waals surface area contributed by atoms with Gasteiger partial charge < -0.3 is 32.5 Å². The van der Waals surface area contributed by atoms with Crippen molar-refractivity contribution in [1.82, 2.24) is 16.0 Å². The number of carboxylic acids is 1. The van der Waals surface area contributed by atoms with Crippen LogP contribution in [0.5, 0.6) is 0 Å². The maximum atomic E-state index is 12.2. The Labute approximate surface area is 140 Å². The zero-order chi connectivity index (χ0) is 18.1. The average molecular weight is 342 g/mol. The molecule has 3 unspecified atom stereocenters. The predicted molar refractivity (Wildman–Crippen MR) is 88.1 cm³/mol. The molecule has 1 aliphatic rings. The van der Waals surface area contributed by atoms with E-state index in [-0.39, 0.29) is 17.9 Å². The first-order valence-corrected chi connectivity index (χ1v) is 7.93. The number of nitrogens with one attached hydrogen (secondary N) is 3. The molecule has 0 aromatic rings. The Bertz CT molecular complexity index is 486. The second-order valence-corrected chi connectivity index (χ2v) is 5.73. The molecule has 10 heteroatoms. The number of carbonyl (C=O) groups excluding carboxylic acids is 2. The second kappa shape index (κ2) is 9.71. The van der Waals surface area contributed by atoms with Crippen molar-refractivity contribution in [3.05, 3.63) is 0 Å². The molecular formula is C14H26N6O4. The van der Waals surface area contributed by atoms with Gasteiger partial charge in [0.25, 0.3) is 0 Å². The lowest BCUT2D eigenvalue weighted by atomic mass is 10.1. The lowest BCUT2D eigenvalue weighted by Crippen LogP contribution is -2.53. The largest absolute Gasteiger partial charge is 0.480 e. The number of amides is 2. The van der Waals surface area contributed by atoms with E-state index in [1.807, 2.05) is 0 Å². The van der Waals surface area contributed by atoms with Crippen molar-refractivity contribution in [2.24, 2.45) is 16.5 Å². The molecule has 0 saturated carbocycles. The van der Waals surface area contributed by atoms with Gasteiger partial charge in [0.05, 0.1) is 6.04 Å². The number of guanidine groups is 1. The maximum absolute atomic E-state index is 12.2. The summed E-state index contributed by atoms with van der Waals surface area (Å²) in [5.74, 6) is -2.00. The second-order valence-electron chi connectivity index (χ2n) is 5.73. The van der Waals surface area contributed by atoms with Crippen molar-refractivity contribution < 1.29 is 19.5 Å². The summed E-state index contributed by atoms with van der Waals surface area (Å²) in [7, 11) is 0. The molecular weight excluding hydrogens is 316 g/mol. The molecule has 0 radical (unpaired) electrons. The van der Waals surface area contributed by atoms with Crippen molar-refractivity contribution in [3.8, 4) is 0 Å². The van der Waals surface area contributed by atoms with Crippen LogP contribution >= 0.6 is 0 Å². The fourth-order valence-electron chi connectivity index (χ4n) is 2.33. The Morgan fingerprint density at radius 2 is 2.04 bits per heavy atom. The molecule has 2 amide bonds. The molecule has 0 aromatic heterocycles. The van der Waals surface area contributed by atoms with Gasteiger partial charge in [-0.25, -0.2) is 0 Å². The predicted octanol–water partition coefficient (Wildman–Crippen LogP) is -2.13. The van der Waals surface area contributed by atoms with Gasteiger partial charge in [-0.1, -0.05) is 0 Å². The molecule has 10 nitrogen and oxygen atoms in total. The summed E-state index contributed by atoms with van der Waals surface area (Å²) in [4.78, 5) is 39.1. The normalized spacial score (nSPS) is 19.1. The molecule has 1 fully saturated rings. The summed E-state index contributed by atoms with van der Waals surface area (Å²) in [6, 6.07) is -2.20. The van der Waals surface area contributed by atoms with E-state index in [4.69, 9.17) is 16.6 Å². The van der Waals surface area contributed by atoms with Crippen LogP contribution in [-0.2, 0) is 14.4 Å². The highest BCUT2D eigenvalue weighted by Gasteiger charge is 2.28. The first kappa shape index (κ1) is 19.7. The first-order chi connectivity index (χ1) is 11.3. The topological polar surface area (TPSA) is 172 Å². The number of hydrogen-bond acceptors (Lipinski definition) is 5. The smallest absolute Gasteiger partial charge is 0.325 e. The van der Waals surface area contributed by atoms with Gasteiger partial charge in [0.2, 0.25) is 11.8 Å². The number of rotatable bonds is 9. The number of carbonyl (C=O) groups is 3. The molecule has 24 heavy (non-hydrogen) atoms. The number of hydrogen-bond donors (Lipinski definition) is 6. The van der Waals surface area contributed by atoms with Gasteiger partial charge in [-0.15, -0.1) is 0 Å². The fourth-order valence-corrected chi connectivity index (χ4v) is 2.33. The Morgan fingerprint density at radius 1 is 1.33 bits per heavy atom. The summed E-state index contributed by atoms with van der Waals surface area (Å²) in [5, 5.41) is 17.0. The van der Waals surface area contributed by atoms with Crippen LogP contribution in [0.4, 0.5) is 0 Å². The standard InChI is InChI=1S/C14H26N6O4/c1-8(13(23)24)19-12(22)10(5-3-7-18-14(15)16)20-11(21)9-4-2-6-17-9/h8-10,17H,2-7H2,1H3,(H,19,22)(H,20,21)(H,23,24)(H4,15,16,18). The van der Waals surface area contributed by atoms with E-state index in [1.165, 1.54) is 6.92 Å². The Morgan fingerprint density at radius 3 is 2.58 bits per heavy atom.